The van der Waals surface area contributed by atoms with Crippen molar-refractivity contribution in [2.75, 3.05) is 25.0 Å². The summed E-state index contributed by atoms with van der Waals surface area (Å²) < 4.78 is 0. The van der Waals surface area contributed by atoms with Crippen LogP contribution in [0.4, 0.5) is 5.69 Å². The van der Waals surface area contributed by atoms with Crippen molar-refractivity contribution >= 4 is 11.6 Å². The summed E-state index contributed by atoms with van der Waals surface area (Å²) in [5, 5.41) is 13.3. The highest BCUT2D eigenvalue weighted by Gasteiger charge is 2.21. The van der Waals surface area contributed by atoms with Crippen molar-refractivity contribution in [3.63, 3.8) is 0 Å². The lowest BCUT2D eigenvalue weighted by Gasteiger charge is -2.20. The maximum atomic E-state index is 12.9. The molecule has 144 valence electrons. The largest absolute Gasteiger partial charge is 0.370 e. The Hall–Kier alpha value is -3.42. The number of carbonyl (C=O) groups is 1. The summed E-state index contributed by atoms with van der Waals surface area (Å²) >= 11 is 0. The summed E-state index contributed by atoms with van der Waals surface area (Å²) in [5.74, 6) is -0.121. The highest BCUT2D eigenvalue weighted by atomic mass is 16.2. The van der Waals surface area contributed by atoms with Crippen LogP contribution in [0, 0.1) is 0 Å². The molecule has 1 aliphatic heterocycles. The molecule has 0 unspecified atom stereocenters. The van der Waals surface area contributed by atoms with E-state index >= 15 is 0 Å². The maximum absolute atomic E-state index is 12.9. The fourth-order valence-corrected chi connectivity index (χ4v) is 3.59. The number of rotatable bonds is 5. The van der Waals surface area contributed by atoms with Gasteiger partial charge in [0.05, 0.1) is 29.7 Å². The van der Waals surface area contributed by atoms with Crippen LogP contribution >= 0.6 is 0 Å². The van der Waals surface area contributed by atoms with E-state index in [1.165, 1.54) is 0 Å². The van der Waals surface area contributed by atoms with Crippen LogP contribution < -0.4 is 10.5 Å². The predicted octanol–water partition coefficient (Wildman–Crippen LogP) is 2.03. The van der Waals surface area contributed by atoms with Crippen LogP contribution in [0.25, 0.3) is 11.1 Å². The van der Waals surface area contributed by atoms with Gasteiger partial charge in [0.2, 0.25) is 0 Å². The Balaban J connectivity index is 1.66. The van der Waals surface area contributed by atoms with Gasteiger partial charge >= 0.3 is 0 Å². The number of anilines is 1. The van der Waals surface area contributed by atoms with Crippen LogP contribution in [0.1, 0.15) is 28.9 Å². The minimum atomic E-state index is -0.250. The topological polar surface area (TPSA) is 98.0 Å². The Bertz CT molecular complexity index is 1020. The maximum Gasteiger partial charge on any atom is 0.274 e. The van der Waals surface area contributed by atoms with E-state index in [1.807, 2.05) is 12.1 Å². The van der Waals surface area contributed by atoms with E-state index in [2.05, 4.69) is 25.3 Å². The van der Waals surface area contributed by atoms with Gasteiger partial charge < -0.3 is 9.80 Å². The second kappa shape index (κ2) is 7.67. The molecule has 1 aromatic carbocycles. The molecule has 2 aromatic heterocycles. The van der Waals surface area contributed by atoms with Crippen molar-refractivity contribution in [3.8, 4) is 11.1 Å². The quantitative estimate of drug-likeness (QED) is 0.708. The van der Waals surface area contributed by atoms with Crippen molar-refractivity contribution < 1.29 is 4.79 Å². The Labute approximate surface area is 162 Å². The SMILES string of the molecule is CN(Cc1ccn[nH]1)C(=O)c1cccc(-c2c(N3CCCC3)cn[nH]c2=O)c1. The minimum Gasteiger partial charge on any atom is -0.370 e. The number of nitrogens with zero attached hydrogens (tertiary/aromatic N) is 4. The molecule has 0 radical (unpaired) electrons. The highest BCUT2D eigenvalue weighted by Crippen LogP contribution is 2.29. The van der Waals surface area contributed by atoms with Crippen LogP contribution in [0.15, 0.2) is 47.5 Å². The fraction of sp³-hybridized carbons (Fsp3) is 0.300. The molecular formula is C20H22N6O2. The predicted molar refractivity (Wildman–Crippen MR) is 106 cm³/mol. The number of benzene rings is 1. The molecule has 0 atom stereocenters. The molecule has 1 fully saturated rings. The lowest BCUT2D eigenvalue weighted by molar-refractivity contribution is 0.0783. The van der Waals surface area contributed by atoms with E-state index in [4.69, 9.17) is 0 Å². The molecule has 3 aromatic rings. The van der Waals surface area contributed by atoms with E-state index in [0.717, 1.165) is 37.3 Å². The molecular weight excluding hydrogens is 356 g/mol. The number of amides is 1. The molecule has 0 spiro atoms. The summed E-state index contributed by atoms with van der Waals surface area (Å²) in [6, 6.07) is 9.03. The summed E-state index contributed by atoms with van der Waals surface area (Å²) in [4.78, 5) is 29.2. The smallest absolute Gasteiger partial charge is 0.274 e. The first-order chi connectivity index (χ1) is 13.6. The molecule has 0 saturated carbocycles. The molecule has 3 heterocycles. The zero-order chi connectivity index (χ0) is 19.5. The van der Waals surface area contributed by atoms with Gasteiger partial charge in [-0.3, -0.25) is 14.7 Å². The normalized spacial score (nSPS) is 13.7. The minimum absolute atomic E-state index is 0.121. The fourth-order valence-electron chi connectivity index (χ4n) is 3.59. The number of aromatic nitrogens is 4. The first-order valence-corrected chi connectivity index (χ1v) is 9.30. The van der Waals surface area contributed by atoms with Crippen molar-refractivity contribution in [3.05, 3.63) is 64.3 Å². The number of carbonyl (C=O) groups excluding carboxylic acids is 1. The van der Waals surface area contributed by atoms with Gasteiger partial charge in [-0.25, -0.2) is 5.10 Å². The van der Waals surface area contributed by atoms with E-state index < -0.39 is 0 Å². The molecule has 1 aliphatic rings. The number of hydrogen-bond acceptors (Lipinski definition) is 5. The zero-order valence-corrected chi connectivity index (χ0v) is 15.7. The van der Waals surface area contributed by atoms with Gasteiger partial charge in [-0.2, -0.15) is 10.2 Å². The van der Waals surface area contributed by atoms with E-state index in [-0.39, 0.29) is 11.5 Å². The molecule has 8 heteroatoms. The standard InChI is InChI=1S/C20H22N6O2/c1-25(13-16-7-8-21-23-16)20(28)15-6-4-5-14(11-15)18-17(12-22-24-19(18)27)26-9-2-3-10-26/h4-8,11-12H,2-3,9-10,13H2,1H3,(H,21,23)(H,24,27). The second-order valence-electron chi connectivity index (χ2n) is 6.98. The van der Waals surface area contributed by atoms with Gasteiger partial charge in [-0.1, -0.05) is 12.1 Å². The average Bonchev–Trinajstić information content (AvgIpc) is 3.41. The first kappa shape index (κ1) is 18.0. The van der Waals surface area contributed by atoms with Gasteiger partial charge in [0, 0.05) is 31.9 Å². The summed E-state index contributed by atoms with van der Waals surface area (Å²) in [6.45, 7) is 2.24. The third kappa shape index (κ3) is 3.53. The Morgan fingerprint density at radius 1 is 1.18 bits per heavy atom. The third-order valence-corrected chi connectivity index (χ3v) is 4.99. The molecule has 28 heavy (non-hydrogen) atoms. The van der Waals surface area contributed by atoms with Gasteiger partial charge in [-0.05, 0) is 36.6 Å². The first-order valence-electron chi connectivity index (χ1n) is 9.30. The van der Waals surface area contributed by atoms with Crippen molar-refractivity contribution in [1.82, 2.24) is 25.3 Å². The van der Waals surface area contributed by atoms with Crippen molar-refractivity contribution in [2.24, 2.45) is 0 Å². The van der Waals surface area contributed by atoms with E-state index in [9.17, 15) is 9.59 Å². The number of hydrogen-bond donors (Lipinski definition) is 2. The Morgan fingerprint density at radius 2 is 2.00 bits per heavy atom. The van der Waals surface area contributed by atoms with Gasteiger partial charge in [0.1, 0.15) is 0 Å². The monoisotopic (exact) mass is 378 g/mol. The van der Waals surface area contributed by atoms with Crippen LogP contribution in [0.2, 0.25) is 0 Å². The third-order valence-electron chi connectivity index (χ3n) is 4.99. The molecule has 2 N–H and O–H groups in total. The van der Waals surface area contributed by atoms with Crippen molar-refractivity contribution in [1.29, 1.82) is 0 Å². The molecule has 1 saturated heterocycles. The van der Waals surface area contributed by atoms with E-state index in [0.29, 0.717) is 23.2 Å². The Morgan fingerprint density at radius 3 is 2.75 bits per heavy atom. The number of H-pyrrole nitrogens is 2. The van der Waals surface area contributed by atoms with Gasteiger partial charge in [0.15, 0.2) is 0 Å². The molecule has 0 bridgehead atoms. The van der Waals surface area contributed by atoms with Crippen LogP contribution in [0.5, 0.6) is 0 Å². The lowest BCUT2D eigenvalue weighted by Crippen LogP contribution is -2.26. The van der Waals surface area contributed by atoms with Crippen molar-refractivity contribution in [2.45, 2.75) is 19.4 Å². The van der Waals surface area contributed by atoms with Crippen LogP contribution in [-0.4, -0.2) is 51.3 Å². The van der Waals surface area contributed by atoms with Gasteiger partial charge in [-0.15, -0.1) is 0 Å². The summed E-state index contributed by atoms with van der Waals surface area (Å²) in [6.07, 6.45) is 5.55. The molecule has 8 nitrogen and oxygen atoms in total. The summed E-state index contributed by atoms with van der Waals surface area (Å²) in [7, 11) is 1.74. The summed E-state index contributed by atoms with van der Waals surface area (Å²) in [5.41, 5.74) is 3.22. The van der Waals surface area contributed by atoms with Gasteiger partial charge in [0.25, 0.3) is 11.5 Å². The molecule has 4 rings (SSSR count). The Kier molecular flexibility index (Phi) is 4.92. The lowest BCUT2D eigenvalue weighted by atomic mass is 10.0. The van der Waals surface area contributed by atoms with E-state index in [1.54, 1.807) is 42.5 Å². The number of nitrogens with one attached hydrogen (secondary N) is 2. The number of aromatic amines is 2. The average molecular weight is 378 g/mol. The molecule has 1 amide bonds. The second-order valence-corrected chi connectivity index (χ2v) is 6.98. The molecule has 0 aliphatic carbocycles. The van der Waals surface area contributed by atoms with Crippen LogP contribution in [0.3, 0.4) is 0 Å². The zero-order valence-electron chi connectivity index (χ0n) is 15.7. The highest BCUT2D eigenvalue weighted by molar-refractivity contribution is 5.95. The van der Waals surface area contributed by atoms with Crippen LogP contribution in [-0.2, 0) is 6.54 Å².